The highest BCUT2D eigenvalue weighted by molar-refractivity contribution is 5.72. The number of rotatable bonds is 5. The molecule has 88 valence electrons. The fourth-order valence-electron chi connectivity index (χ4n) is 1.22. The fraction of sp³-hybridized carbons (Fsp3) is 0.417. The molecule has 0 fully saturated rings. The highest BCUT2D eigenvalue weighted by Crippen LogP contribution is 2.23. The van der Waals surface area contributed by atoms with Gasteiger partial charge in [0.05, 0.1) is 0 Å². The molecule has 4 heteroatoms. The van der Waals surface area contributed by atoms with E-state index in [9.17, 15) is 13.6 Å². The van der Waals surface area contributed by atoms with Gasteiger partial charge in [0.1, 0.15) is 5.75 Å². The van der Waals surface area contributed by atoms with Gasteiger partial charge in [-0.25, -0.2) is 8.78 Å². The summed E-state index contributed by atoms with van der Waals surface area (Å²) in [5.74, 6) is -0.202. The Bertz CT molecular complexity index is 351. The minimum Gasteiger partial charge on any atom is -0.427 e. The van der Waals surface area contributed by atoms with E-state index in [2.05, 4.69) is 0 Å². The van der Waals surface area contributed by atoms with Crippen LogP contribution in [0.1, 0.15) is 38.2 Å². The first-order valence-corrected chi connectivity index (χ1v) is 5.22. The second-order valence-electron chi connectivity index (χ2n) is 3.45. The number of hydrogen-bond acceptors (Lipinski definition) is 2. The molecule has 0 aliphatic heterocycles. The fourth-order valence-corrected chi connectivity index (χ4v) is 1.22. The zero-order chi connectivity index (χ0) is 12.0. The van der Waals surface area contributed by atoms with Crippen LogP contribution in [0.5, 0.6) is 5.75 Å². The number of carbonyl (C=O) groups excluding carboxylic acids is 1. The Labute approximate surface area is 93.2 Å². The number of ether oxygens (including phenoxy) is 1. The van der Waals surface area contributed by atoms with Crippen molar-refractivity contribution in [2.45, 2.75) is 32.6 Å². The number of halogens is 2. The van der Waals surface area contributed by atoms with Crippen molar-refractivity contribution < 1.29 is 18.3 Å². The Balaban J connectivity index is 2.59. The van der Waals surface area contributed by atoms with E-state index >= 15 is 0 Å². The maximum Gasteiger partial charge on any atom is 0.311 e. The van der Waals surface area contributed by atoms with Crippen molar-refractivity contribution in [3.05, 3.63) is 29.8 Å². The van der Waals surface area contributed by atoms with Gasteiger partial charge in [-0.3, -0.25) is 4.79 Å². The Kier molecular flexibility index (Phi) is 4.89. The van der Waals surface area contributed by atoms with Crippen molar-refractivity contribution >= 4 is 5.97 Å². The van der Waals surface area contributed by atoms with Crippen LogP contribution in [0.25, 0.3) is 0 Å². The normalized spacial score (nSPS) is 10.5. The number of esters is 1. The lowest BCUT2D eigenvalue weighted by Crippen LogP contribution is -2.07. The molecule has 0 saturated heterocycles. The van der Waals surface area contributed by atoms with E-state index in [4.69, 9.17) is 4.74 Å². The summed E-state index contributed by atoms with van der Waals surface area (Å²) < 4.78 is 29.6. The van der Waals surface area contributed by atoms with Crippen molar-refractivity contribution in [2.75, 3.05) is 0 Å². The third-order valence-electron chi connectivity index (χ3n) is 2.08. The summed E-state index contributed by atoms with van der Waals surface area (Å²) in [5, 5.41) is 0. The van der Waals surface area contributed by atoms with E-state index in [-0.39, 0.29) is 17.3 Å². The molecular weight excluding hydrogens is 214 g/mol. The van der Waals surface area contributed by atoms with Crippen LogP contribution in [0.4, 0.5) is 8.78 Å². The monoisotopic (exact) mass is 228 g/mol. The zero-order valence-corrected chi connectivity index (χ0v) is 9.08. The molecule has 0 bridgehead atoms. The molecule has 16 heavy (non-hydrogen) atoms. The van der Waals surface area contributed by atoms with E-state index in [0.717, 1.165) is 12.8 Å². The summed E-state index contributed by atoms with van der Waals surface area (Å²) in [6.07, 6.45) is -0.594. The summed E-state index contributed by atoms with van der Waals surface area (Å²) in [4.78, 5) is 11.2. The van der Waals surface area contributed by atoms with Gasteiger partial charge < -0.3 is 4.74 Å². The summed E-state index contributed by atoms with van der Waals surface area (Å²) in [6.45, 7) is 1.96. The van der Waals surface area contributed by atoms with Crippen molar-refractivity contribution in [2.24, 2.45) is 0 Å². The number of benzene rings is 1. The number of alkyl halides is 2. The molecule has 0 heterocycles. The molecule has 1 aromatic rings. The Hall–Kier alpha value is -1.45. The van der Waals surface area contributed by atoms with Gasteiger partial charge in [0.15, 0.2) is 0 Å². The van der Waals surface area contributed by atoms with Crippen LogP contribution < -0.4 is 4.74 Å². The van der Waals surface area contributed by atoms with Crippen LogP contribution in [0.2, 0.25) is 0 Å². The second-order valence-corrected chi connectivity index (χ2v) is 3.45. The summed E-state index contributed by atoms with van der Waals surface area (Å²) in [7, 11) is 0. The predicted molar refractivity (Wildman–Crippen MR) is 56.6 cm³/mol. The van der Waals surface area contributed by atoms with Crippen LogP contribution in [-0.2, 0) is 4.79 Å². The SMILES string of the molecule is CCCCC(=O)Oc1cccc(C(F)F)c1. The molecule has 2 nitrogen and oxygen atoms in total. The Morgan fingerprint density at radius 2 is 2.19 bits per heavy atom. The van der Waals surface area contributed by atoms with Gasteiger partial charge in [-0.2, -0.15) is 0 Å². The topological polar surface area (TPSA) is 26.3 Å². The summed E-state index contributed by atoms with van der Waals surface area (Å²) in [5.41, 5.74) is -0.138. The van der Waals surface area contributed by atoms with Crippen molar-refractivity contribution in [1.82, 2.24) is 0 Å². The molecule has 0 aromatic heterocycles. The minimum atomic E-state index is -2.55. The van der Waals surface area contributed by atoms with E-state index in [1.54, 1.807) is 0 Å². The van der Waals surface area contributed by atoms with E-state index < -0.39 is 6.43 Å². The molecule has 0 saturated carbocycles. The van der Waals surface area contributed by atoms with Gasteiger partial charge in [-0.1, -0.05) is 25.5 Å². The van der Waals surface area contributed by atoms with Gasteiger partial charge in [0, 0.05) is 12.0 Å². The lowest BCUT2D eigenvalue weighted by Gasteiger charge is -2.05. The van der Waals surface area contributed by atoms with E-state index in [1.165, 1.54) is 24.3 Å². The van der Waals surface area contributed by atoms with Gasteiger partial charge in [-0.05, 0) is 18.6 Å². The van der Waals surface area contributed by atoms with Crippen LogP contribution in [0.15, 0.2) is 24.3 Å². The zero-order valence-electron chi connectivity index (χ0n) is 9.08. The highest BCUT2D eigenvalue weighted by atomic mass is 19.3. The number of hydrogen-bond donors (Lipinski definition) is 0. The van der Waals surface area contributed by atoms with Crippen molar-refractivity contribution in [1.29, 1.82) is 0 Å². The molecule has 0 amide bonds. The summed E-state index contributed by atoms with van der Waals surface area (Å²) in [6, 6.07) is 5.43. The molecule has 1 rings (SSSR count). The van der Waals surface area contributed by atoms with Crippen LogP contribution in [0, 0.1) is 0 Å². The number of carbonyl (C=O) groups is 1. The first-order valence-electron chi connectivity index (χ1n) is 5.22. The molecular formula is C12H14F2O2. The van der Waals surface area contributed by atoms with E-state index in [1.807, 2.05) is 6.92 Å². The quantitative estimate of drug-likeness (QED) is 0.567. The Morgan fingerprint density at radius 3 is 2.81 bits per heavy atom. The van der Waals surface area contributed by atoms with Gasteiger partial charge in [-0.15, -0.1) is 0 Å². The first-order chi connectivity index (χ1) is 7.63. The lowest BCUT2D eigenvalue weighted by molar-refractivity contribution is -0.134. The van der Waals surface area contributed by atoms with E-state index in [0.29, 0.717) is 6.42 Å². The molecule has 0 radical (unpaired) electrons. The van der Waals surface area contributed by atoms with Crippen molar-refractivity contribution in [3.8, 4) is 5.75 Å². The largest absolute Gasteiger partial charge is 0.427 e. The first kappa shape index (κ1) is 12.6. The second kappa shape index (κ2) is 6.20. The molecule has 0 spiro atoms. The lowest BCUT2D eigenvalue weighted by atomic mass is 10.2. The standard InChI is InChI=1S/C12H14F2O2/c1-2-3-7-11(15)16-10-6-4-5-9(8-10)12(13)14/h4-6,8,12H,2-3,7H2,1H3. The Morgan fingerprint density at radius 1 is 1.44 bits per heavy atom. The molecule has 0 aliphatic carbocycles. The van der Waals surface area contributed by atoms with Gasteiger partial charge in [0.2, 0.25) is 0 Å². The molecule has 0 atom stereocenters. The molecule has 1 aromatic carbocycles. The highest BCUT2D eigenvalue weighted by Gasteiger charge is 2.09. The molecule has 0 aliphatic rings. The van der Waals surface area contributed by atoms with Gasteiger partial charge >= 0.3 is 5.97 Å². The van der Waals surface area contributed by atoms with Crippen molar-refractivity contribution in [3.63, 3.8) is 0 Å². The average Bonchev–Trinajstić information content (AvgIpc) is 2.26. The average molecular weight is 228 g/mol. The minimum absolute atomic E-state index is 0.138. The predicted octanol–water partition coefficient (Wildman–Crippen LogP) is 3.72. The third-order valence-corrected chi connectivity index (χ3v) is 2.08. The third kappa shape index (κ3) is 3.96. The maximum absolute atomic E-state index is 12.3. The maximum atomic E-state index is 12.3. The smallest absolute Gasteiger partial charge is 0.311 e. The van der Waals surface area contributed by atoms with Gasteiger partial charge in [0.25, 0.3) is 6.43 Å². The summed E-state index contributed by atoms with van der Waals surface area (Å²) >= 11 is 0. The van der Waals surface area contributed by atoms with Crippen LogP contribution in [-0.4, -0.2) is 5.97 Å². The molecule has 0 N–H and O–H groups in total. The van der Waals surface area contributed by atoms with Crippen LogP contribution in [0.3, 0.4) is 0 Å². The molecule has 0 unspecified atom stereocenters. The van der Waals surface area contributed by atoms with Crippen LogP contribution >= 0.6 is 0 Å². The number of unbranched alkanes of at least 4 members (excludes halogenated alkanes) is 1.